The number of hydrogen-bond donors (Lipinski definition) is 0. The summed E-state index contributed by atoms with van der Waals surface area (Å²) in [6.45, 7) is 7.26. The Balaban J connectivity index is 2.34. The topological polar surface area (TPSA) is 42.2 Å². The molecular formula is C21H23NO2. The molecule has 0 unspecified atom stereocenters. The van der Waals surface area contributed by atoms with Gasteiger partial charge in [0, 0.05) is 0 Å². The quantitative estimate of drug-likeness (QED) is 0.517. The first kappa shape index (κ1) is 17.6. The first-order chi connectivity index (χ1) is 11.7. The second kappa shape index (κ2) is 8.79. The second-order valence-corrected chi connectivity index (χ2v) is 5.52. The summed E-state index contributed by atoms with van der Waals surface area (Å²) in [5.41, 5.74) is 3.62. The average Bonchev–Trinajstić information content (AvgIpc) is 2.60. The van der Waals surface area contributed by atoms with Crippen LogP contribution in [0.2, 0.25) is 0 Å². The SMILES string of the molecule is CCCOc1ccc(/C=C(\C#N)c2ccc(C)cc2)cc1OCC. The van der Waals surface area contributed by atoms with Crippen LogP contribution in [0.25, 0.3) is 11.6 Å². The summed E-state index contributed by atoms with van der Waals surface area (Å²) < 4.78 is 11.4. The van der Waals surface area contributed by atoms with E-state index in [9.17, 15) is 5.26 Å². The molecule has 0 bridgehead atoms. The highest BCUT2D eigenvalue weighted by molar-refractivity contribution is 5.89. The molecule has 3 nitrogen and oxygen atoms in total. The molecule has 0 heterocycles. The van der Waals surface area contributed by atoms with Gasteiger partial charge in [-0.3, -0.25) is 0 Å². The van der Waals surface area contributed by atoms with Crippen LogP contribution >= 0.6 is 0 Å². The zero-order valence-corrected chi connectivity index (χ0v) is 14.5. The van der Waals surface area contributed by atoms with E-state index in [2.05, 4.69) is 13.0 Å². The maximum Gasteiger partial charge on any atom is 0.161 e. The Labute approximate surface area is 144 Å². The van der Waals surface area contributed by atoms with Crippen LogP contribution in [0, 0.1) is 18.3 Å². The van der Waals surface area contributed by atoms with E-state index >= 15 is 0 Å². The van der Waals surface area contributed by atoms with Crippen molar-refractivity contribution in [3.8, 4) is 17.6 Å². The molecular weight excluding hydrogens is 298 g/mol. The fourth-order valence-electron chi connectivity index (χ4n) is 2.29. The number of rotatable bonds is 7. The summed E-state index contributed by atoms with van der Waals surface area (Å²) in [5.74, 6) is 1.45. The minimum Gasteiger partial charge on any atom is -0.490 e. The smallest absolute Gasteiger partial charge is 0.161 e. The lowest BCUT2D eigenvalue weighted by molar-refractivity contribution is 0.277. The minimum absolute atomic E-state index is 0.568. The summed E-state index contributed by atoms with van der Waals surface area (Å²) in [7, 11) is 0. The molecule has 24 heavy (non-hydrogen) atoms. The normalized spacial score (nSPS) is 11.0. The van der Waals surface area contributed by atoms with Gasteiger partial charge >= 0.3 is 0 Å². The van der Waals surface area contributed by atoms with Crippen LogP contribution in [0.3, 0.4) is 0 Å². The van der Waals surface area contributed by atoms with Crippen molar-refractivity contribution in [2.45, 2.75) is 27.2 Å². The number of ether oxygens (including phenoxy) is 2. The van der Waals surface area contributed by atoms with Gasteiger partial charge in [-0.05, 0) is 49.6 Å². The summed E-state index contributed by atoms with van der Waals surface area (Å²) >= 11 is 0. The zero-order valence-electron chi connectivity index (χ0n) is 14.5. The van der Waals surface area contributed by atoms with Gasteiger partial charge in [-0.15, -0.1) is 0 Å². The zero-order chi connectivity index (χ0) is 17.4. The van der Waals surface area contributed by atoms with Crippen LogP contribution in [0.1, 0.15) is 37.0 Å². The molecule has 2 aromatic carbocycles. The largest absolute Gasteiger partial charge is 0.490 e. The number of benzene rings is 2. The predicted molar refractivity (Wildman–Crippen MR) is 98.1 cm³/mol. The number of hydrogen-bond acceptors (Lipinski definition) is 3. The van der Waals surface area contributed by atoms with E-state index in [4.69, 9.17) is 9.47 Å². The lowest BCUT2D eigenvalue weighted by Gasteiger charge is -2.12. The Hall–Kier alpha value is -2.73. The van der Waals surface area contributed by atoms with Gasteiger partial charge in [0.2, 0.25) is 0 Å². The first-order valence-corrected chi connectivity index (χ1v) is 8.26. The monoisotopic (exact) mass is 321 g/mol. The van der Waals surface area contributed by atoms with Crippen LogP contribution < -0.4 is 9.47 Å². The molecule has 0 radical (unpaired) electrons. The molecule has 0 aliphatic heterocycles. The van der Waals surface area contributed by atoms with Crippen molar-refractivity contribution < 1.29 is 9.47 Å². The number of allylic oxidation sites excluding steroid dienone is 1. The highest BCUT2D eigenvalue weighted by Gasteiger charge is 2.07. The van der Waals surface area contributed by atoms with Gasteiger partial charge in [0.15, 0.2) is 11.5 Å². The van der Waals surface area contributed by atoms with Gasteiger partial charge in [0.25, 0.3) is 0 Å². The van der Waals surface area contributed by atoms with Crippen LogP contribution in [0.5, 0.6) is 11.5 Å². The summed E-state index contributed by atoms with van der Waals surface area (Å²) in [6, 6.07) is 16.0. The molecule has 0 aliphatic carbocycles. The predicted octanol–water partition coefficient (Wildman–Crippen LogP) is 5.25. The number of nitriles is 1. The lowest BCUT2D eigenvalue weighted by Crippen LogP contribution is -2.00. The molecule has 3 heteroatoms. The van der Waals surface area contributed by atoms with Crippen LogP contribution in [0.4, 0.5) is 0 Å². The fourth-order valence-corrected chi connectivity index (χ4v) is 2.29. The molecule has 0 fully saturated rings. The Kier molecular flexibility index (Phi) is 6.45. The van der Waals surface area contributed by atoms with Gasteiger partial charge in [-0.1, -0.05) is 42.8 Å². The van der Waals surface area contributed by atoms with Gasteiger partial charge in [-0.2, -0.15) is 5.26 Å². The summed E-state index contributed by atoms with van der Waals surface area (Å²) in [4.78, 5) is 0. The van der Waals surface area contributed by atoms with Crippen LogP contribution in [-0.2, 0) is 0 Å². The molecule has 0 saturated heterocycles. The van der Waals surface area contributed by atoms with E-state index in [1.807, 2.05) is 62.4 Å². The molecule has 2 rings (SSSR count). The van der Waals surface area contributed by atoms with Crippen molar-refractivity contribution in [1.82, 2.24) is 0 Å². The molecule has 124 valence electrons. The van der Waals surface area contributed by atoms with Crippen molar-refractivity contribution in [1.29, 1.82) is 5.26 Å². The van der Waals surface area contributed by atoms with Gasteiger partial charge in [-0.25, -0.2) is 0 Å². The van der Waals surface area contributed by atoms with E-state index in [-0.39, 0.29) is 0 Å². The minimum atomic E-state index is 0.568. The van der Waals surface area contributed by atoms with E-state index in [0.29, 0.717) is 24.5 Å². The van der Waals surface area contributed by atoms with Gasteiger partial charge in [0.1, 0.15) is 0 Å². The third-order valence-corrected chi connectivity index (χ3v) is 3.52. The van der Waals surface area contributed by atoms with Crippen molar-refractivity contribution in [2.75, 3.05) is 13.2 Å². The molecule has 0 atom stereocenters. The molecule has 0 spiro atoms. The summed E-state index contributed by atoms with van der Waals surface area (Å²) in [5, 5.41) is 9.48. The average molecular weight is 321 g/mol. The van der Waals surface area contributed by atoms with Gasteiger partial charge < -0.3 is 9.47 Å². The first-order valence-electron chi connectivity index (χ1n) is 8.26. The van der Waals surface area contributed by atoms with E-state index < -0.39 is 0 Å². The summed E-state index contributed by atoms with van der Waals surface area (Å²) in [6.07, 6.45) is 2.82. The van der Waals surface area contributed by atoms with Crippen LogP contribution in [-0.4, -0.2) is 13.2 Å². The van der Waals surface area contributed by atoms with Crippen molar-refractivity contribution in [3.63, 3.8) is 0 Å². The molecule has 0 aromatic heterocycles. The highest BCUT2D eigenvalue weighted by atomic mass is 16.5. The Morgan fingerprint density at radius 3 is 2.42 bits per heavy atom. The number of aryl methyl sites for hydroxylation is 1. The molecule has 0 amide bonds. The van der Waals surface area contributed by atoms with Crippen molar-refractivity contribution in [2.24, 2.45) is 0 Å². The Morgan fingerprint density at radius 2 is 1.79 bits per heavy atom. The highest BCUT2D eigenvalue weighted by Crippen LogP contribution is 2.30. The van der Waals surface area contributed by atoms with Crippen molar-refractivity contribution in [3.05, 3.63) is 59.2 Å². The van der Waals surface area contributed by atoms with E-state index in [1.54, 1.807) is 0 Å². The van der Waals surface area contributed by atoms with Gasteiger partial charge in [0.05, 0.1) is 24.9 Å². The fraction of sp³-hybridized carbons (Fsp3) is 0.286. The standard InChI is InChI=1S/C21H23NO2/c1-4-12-24-20-11-8-17(14-21(20)23-5-2)13-19(15-22)18-9-6-16(3)7-10-18/h6-11,13-14H,4-5,12H2,1-3H3/b19-13+. The lowest BCUT2D eigenvalue weighted by atomic mass is 10.0. The van der Waals surface area contributed by atoms with Crippen LogP contribution in [0.15, 0.2) is 42.5 Å². The number of nitrogens with zero attached hydrogens (tertiary/aromatic N) is 1. The maximum absolute atomic E-state index is 9.48. The van der Waals surface area contributed by atoms with E-state index in [1.165, 1.54) is 5.56 Å². The Morgan fingerprint density at radius 1 is 1.04 bits per heavy atom. The second-order valence-electron chi connectivity index (χ2n) is 5.52. The maximum atomic E-state index is 9.48. The third-order valence-electron chi connectivity index (χ3n) is 3.52. The third kappa shape index (κ3) is 4.63. The molecule has 2 aromatic rings. The Bertz CT molecular complexity index is 739. The van der Waals surface area contributed by atoms with Crippen molar-refractivity contribution >= 4 is 11.6 Å². The molecule has 0 saturated carbocycles. The van der Waals surface area contributed by atoms with E-state index in [0.717, 1.165) is 23.3 Å². The molecule has 0 aliphatic rings. The molecule has 0 N–H and O–H groups in total.